The van der Waals surface area contributed by atoms with E-state index in [-0.39, 0.29) is 12.5 Å². The molecule has 0 heterocycles. The zero-order chi connectivity index (χ0) is 15.8. The van der Waals surface area contributed by atoms with Crippen molar-refractivity contribution in [2.75, 3.05) is 6.61 Å². The molecule has 0 aliphatic rings. The van der Waals surface area contributed by atoms with Gasteiger partial charge in [0.25, 0.3) is 5.91 Å². The SMILES string of the molecule is CCC(=NNC(=O)COc1ccccc1C)c1ccccc1. The molecule has 2 aromatic rings. The number of para-hydroxylation sites is 1. The molecule has 1 N–H and O–H groups in total. The molecule has 0 spiro atoms. The van der Waals surface area contributed by atoms with E-state index in [1.54, 1.807) is 0 Å². The first-order valence-electron chi connectivity index (χ1n) is 7.30. The van der Waals surface area contributed by atoms with E-state index in [9.17, 15) is 4.79 Å². The van der Waals surface area contributed by atoms with Crippen LogP contribution in [0.4, 0.5) is 0 Å². The van der Waals surface area contributed by atoms with Crippen molar-refractivity contribution in [1.82, 2.24) is 5.43 Å². The number of ether oxygens (including phenoxy) is 1. The maximum atomic E-state index is 11.8. The van der Waals surface area contributed by atoms with Crippen LogP contribution >= 0.6 is 0 Å². The van der Waals surface area contributed by atoms with Crippen LogP contribution in [0.5, 0.6) is 5.75 Å². The van der Waals surface area contributed by atoms with Crippen molar-refractivity contribution in [3.63, 3.8) is 0 Å². The Balaban J connectivity index is 1.91. The van der Waals surface area contributed by atoms with Gasteiger partial charge < -0.3 is 4.74 Å². The first-order valence-corrected chi connectivity index (χ1v) is 7.30. The second kappa shape index (κ2) is 7.98. The van der Waals surface area contributed by atoms with Gasteiger partial charge in [0.2, 0.25) is 0 Å². The highest BCUT2D eigenvalue weighted by atomic mass is 16.5. The van der Waals surface area contributed by atoms with Gasteiger partial charge in [-0.25, -0.2) is 5.43 Å². The van der Waals surface area contributed by atoms with Gasteiger partial charge in [0.05, 0.1) is 5.71 Å². The minimum atomic E-state index is -0.273. The van der Waals surface area contributed by atoms with E-state index in [0.717, 1.165) is 23.3 Å². The third-order valence-corrected chi connectivity index (χ3v) is 3.21. The van der Waals surface area contributed by atoms with Crippen LogP contribution in [0, 0.1) is 6.92 Å². The average Bonchev–Trinajstić information content (AvgIpc) is 2.55. The van der Waals surface area contributed by atoms with Crippen molar-refractivity contribution in [1.29, 1.82) is 0 Å². The number of carbonyl (C=O) groups excluding carboxylic acids is 1. The first-order chi connectivity index (χ1) is 10.7. The first kappa shape index (κ1) is 15.8. The fraction of sp³-hybridized carbons (Fsp3) is 0.222. The monoisotopic (exact) mass is 296 g/mol. The number of hydrazone groups is 1. The number of nitrogens with zero attached hydrogens (tertiary/aromatic N) is 1. The Morgan fingerprint density at radius 1 is 1.09 bits per heavy atom. The molecular formula is C18H20N2O2. The molecule has 0 aliphatic carbocycles. The molecule has 0 unspecified atom stereocenters. The summed E-state index contributed by atoms with van der Waals surface area (Å²) >= 11 is 0. The van der Waals surface area contributed by atoms with Gasteiger partial charge >= 0.3 is 0 Å². The normalized spacial score (nSPS) is 11.1. The van der Waals surface area contributed by atoms with Crippen LogP contribution in [0.25, 0.3) is 0 Å². The average molecular weight is 296 g/mol. The summed E-state index contributed by atoms with van der Waals surface area (Å²) in [6.07, 6.45) is 0.739. The van der Waals surface area contributed by atoms with Gasteiger partial charge in [-0.15, -0.1) is 0 Å². The number of carbonyl (C=O) groups is 1. The summed E-state index contributed by atoms with van der Waals surface area (Å²) in [5.41, 5.74) is 5.39. The Kier molecular flexibility index (Phi) is 5.72. The molecule has 0 atom stereocenters. The number of aryl methyl sites for hydroxylation is 1. The lowest BCUT2D eigenvalue weighted by molar-refractivity contribution is -0.123. The lowest BCUT2D eigenvalue weighted by Gasteiger charge is -2.08. The highest BCUT2D eigenvalue weighted by Crippen LogP contribution is 2.15. The third-order valence-electron chi connectivity index (χ3n) is 3.21. The van der Waals surface area contributed by atoms with E-state index < -0.39 is 0 Å². The van der Waals surface area contributed by atoms with Crippen molar-refractivity contribution in [3.8, 4) is 5.75 Å². The van der Waals surface area contributed by atoms with Gasteiger partial charge in [0.15, 0.2) is 6.61 Å². The standard InChI is InChI=1S/C18H20N2O2/c1-3-16(15-10-5-4-6-11-15)19-20-18(21)13-22-17-12-8-7-9-14(17)2/h4-12H,3,13H2,1-2H3,(H,20,21). The minimum absolute atomic E-state index is 0.0554. The van der Waals surface area contributed by atoms with Crippen molar-refractivity contribution in [2.24, 2.45) is 5.10 Å². The molecule has 4 nitrogen and oxygen atoms in total. The van der Waals surface area contributed by atoms with Crippen molar-refractivity contribution in [3.05, 3.63) is 65.7 Å². The molecule has 4 heteroatoms. The number of hydrogen-bond donors (Lipinski definition) is 1. The van der Waals surface area contributed by atoms with Crippen LogP contribution in [0.1, 0.15) is 24.5 Å². The number of hydrogen-bond acceptors (Lipinski definition) is 3. The van der Waals surface area contributed by atoms with Crippen LogP contribution in [0.3, 0.4) is 0 Å². The van der Waals surface area contributed by atoms with E-state index in [2.05, 4.69) is 10.5 Å². The Hall–Kier alpha value is -2.62. The number of nitrogens with one attached hydrogen (secondary N) is 1. The molecule has 0 aromatic heterocycles. The minimum Gasteiger partial charge on any atom is -0.483 e. The molecule has 0 aliphatic heterocycles. The van der Waals surface area contributed by atoms with Gasteiger partial charge in [0, 0.05) is 0 Å². The Morgan fingerprint density at radius 2 is 1.77 bits per heavy atom. The lowest BCUT2D eigenvalue weighted by Crippen LogP contribution is -2.26. The molecule has 0 saturated heterocycles. The zero-order valence-corrected chi connectivity index (χ0v) is 12.9. The summed E-state index contributed by atoms with van der Waals surface area (Å²) in [4.78, 5) is 11.8. The topological polar surface area (TPSA) is 50.7 Å². The molecule has 2 aromatic carbocycles. The molecule has 2 rings (SSSR count). The predicted octanol–water partition coefficient (Wildman–Crippen LogP) is 3.30. The fourth-order valence-corrected chi connectivity index (χ4v) is 2.00. The van der Waals surface area contributed by atoms with Gasteiger partial charge in [-0.3, -0.25) is 4.79 Å². The molecule has 114 valence electrons. The molecule has 0 saturated carbocycles. The largest absolute Gasteiger partial charge is 0.483 e. The van der Waals surface area contributed by atoms with E-state index in [4.69, 9.17) is 4.74 Å². The second-order valence-electron chi connectivity index (χ2n) is 4.87. The molecular weight excluding hydrogens is 276 g/mol. The van der Waals surface area contributed by atoms with Crippen LogP contribution < -0.4 is 10.2 Å². The summed E-state index contributed by atoms with van der Waals surface area (Å²) < 4.78 is 5.49. The highest BCUT2D eigenvalue weighted by Gasteiger charge is 2.05. The summed E-state index contributed by atoms with van der Waals surface area (Å²) in [5, 5.41) is 4.18. The van der Waals surface area contributed by atoms with Crippen LogP contribution in [0.15, 0.2) is 59.7 Å². The van der Waals surface area contributed by atoms with Gasteiger partial charge in [0.1, 0.15) is 5.75 Å². The summed E-state index contributed by atoms with van der Waals surface area (Å²) in [6.45, 7) is 3.89. The molecule has 0 fully saturated rings. The quantitative estimate of drug-likeness (QED) is 0.657. The van der Waals surface area contributed by atoms with E-state index >= 15 is 0 Å². The predicted molar refractivity (Wildman–Crippen MR) is 88.1 cm³/mol. The summed E-state index contributed by atoms with van der Waals surface area (Å²) in [7, 11) is 0. The fourth-order valence-electron chi connectivity index (χ4n) is 2.00. The molecule has 0 radical (unpaired) electrons. The number of benzene rings is 2. The molecule has 22 heavy (non-hydrogen) atoms. The summed E-state index contributed by atoms with van der Waals surface area (Å²) in [5.74, 6) is 0.436. The van der Waals surface area contributed by atoms with Crippen molar-refractivity contribution >= 4 is 11.6 Å². The van der Waals surface area contributed by atoms with Crippen LogP contribution in [-0.2, 0) is 4.79 Å². The highest BCUT2D eigenvalue weighted by molar-refractivity contribution is 6.00. The van der Waals surface area contributed by atoms with E-state index in [1.165, 1.54) is 0 Å². The van der Waals surface area contributed by atoms with Crippen molar-refractivity contribution in [2.45, 2.75) is 20.3 Å². The summed E-state index contributed by atoms with van der Waals surface area (Å²) in [6, 6.07) is 17.4. The number of rotatable bonds is 6. The molecule has 1 amide bonds. The number of amides is 1. The zero-order valence-electron chi connectivity index (χ0n) is 12.9. The van der Waals surface area contributed by atoms with Gasteiger partial charge in [-0.05, 0) is 30.5 Å². The smallest absolute Gasteiger partial charge is 0.277 e. The maximum absolute atomic E-state index is 11.8. The lowest BCUT2D eigenvalue weighted by atomic mass is 10.1. The van der Waals surface area contributed by atoms with Crippen LogP contribution in [0.2, 0.25) is 0 Å². The van der Waals surface area contributed by atoms with Gasteiger partial charge in [-0.1, -0.05) is 55.5 Å². The Morgan fingerprint density at radius 3 is 2.45 bits per heavy atom. The Bertz CT molecular complexity index is 651. The maximum Gasteiger partial charge on any atom is 0.277 e. The van der Waals surface area contributed by atoms with Crippen LogP contribution in [-0.4, -0.2) is 18.2 Å². The Labute approximate surface area is 130 Å². The van der Waals surface area contributed by atoms with Gasteiger partial charge in [-0.2, -0.15) is 5.10 Å². The van der Waals surface area contributed by atoms with E-state index in [1.807, 2.05) is 68.4 Å². The van der Waals surface area contributed by atoms with Crippen molar-refractivity contribution < 1.29 is 9.53 Å². The molecule has 0 bridgehead atoms. The van der Waals surface area contributed by atoms with E-state index in [0.29, 0.717) is 5.75 Å². The second-order valence-corrected chi connectivity index (χ2v) is 4.87. The third kappa shape index (κ3) is 4.45.